The van der Waals surface area contributed by atoms with Crippen LogP contribution in [0.5, 0.6) is 0 Å². The van der Waals surface area contributed by atoms with E-state index < -0.39 is 0 Å². The molecule has 1 unspecified atom stereocenters. The van der Waals surface area contributed by atoms with Crippen LogP contribution in [0, 0.1) is 22.0 Å². The Labute approximate surface area is 160 Å². The molecule has 1 aromatic carbocycles. The molecule has 0 aliphatic carbocycles. The highest BCUT2D eigenvalue weighted by atomic mass is 127. The summed E-state index contributed by atoms with van der Waals surface area (Å²) in [6.45, 7) is 6.92. The molecule has 7 heteroatoms. The molecular formula is C17H27IN4O2. The Kier molecular flexibility index (Phi) is 8.44. The maximum Gasteiger partial charge on any atom is 0.274 e. The van der Waals surface area contributed by atoms with E-state index in [2.05, 4.69) is 29.1 Å². The number of nitro groups is 1. The van der Waals surface area contributed by atoms with Gasteiger partial charge in [0.1, 0.15) is 0 Å². The number of halogens is 1. The van der Waals surface area contributed by atoms with E-state index in [1.807, 2.05) is 6.07 Å². The molecule has 1 aliphatic rings. The smallest absolute Gasteiger partial charge is 0.274 e. The Morgan fingerprint density at radius 1 is 1.46 bits per heavy atom. The van der Waals surface area contributed by atoms with Gasteiger partial charge in [0.05, 0.1) is 4.92 Å². The summed E-state index contributed by atoms with van der Waals surface area (Å²) in [7, 11) is 1.76. The predicted octanol–water partition coefficient (Wildman–Crippen LogP) is 3.66. The number of hydrogen-bond donors (Lipinski definition) is 1. The summed E-state index contributed by atoms with van der Waals surface area (Å²) in [5.74, 6) is 2.25. The highest BCUT2D eigenvalue weighted by molar-refractivity contribution is 14.0. The van der Waals surface area contributed by atoms with Crippen molar-refractivity contribution < 1.29 is 4.92 Å². The second kappa shape index (κ2) is 9.80. The van der Waals surface area contributed by atoms with E-state index >= 15 is 0 Å². The van der Waals surface area contributed by atoms with Crippen molar-refractivity contribution in [1.82, 2.24) is 10.2 Å². The van der Waals surface area contributed by atoms with Gasteiger partial charge in [-0.1, -0.05) is 32.0 Å². The van der Waals surface area contributed by atoms with Crippen LogP contribution in [0.3, 0.4) is 0 Å². The molecule has 2 rings (SSSR count). The average molecular weight is 446 g/mol. The second-order valence-electron chi connectivity index (χ2n) is 6.52. The van der Waals surface area contributed by atoms with Gasteiger partial charge in [-0.05, 0) is 24.7 Å². The number of guanidine groups is 1. The fraction of sp³-hybridized carbons (Fsp3) is 0.588. The third-order valence-electron chi connectivity index (χ3n) is 4.23. The number of hydrogen-bond acceptors (Lipinski definition) is 3. The number of rotatable bonds is 5. The van der Waals surface area contributed by atoms with Crippen LogP contribution in [0.15, 0.2) is 29.3 Å². The summed E-state index contributed by atoms with van der Waals surface area (Å²) >= 11 is 0. The third kappa shape index (κ3) is 5.61. The maximum absolute atomic E-state index is 11.1. The van der Waals surface area contributed by atoms with Gasteiger partial charge in [0.2, 0.25) is 0 Å². The van der Waals surface area contributed by atoms with Crippen LogP contribution in [0.25, 0.3) is 0 Å². The van der Waals surface area contributed by atoms with Crippen molar-refractivity contribution in [3.63, 3.8) is 0 Å². The Balaban J connectivity index is 0.00000288. The van der Waals surface area contributed by atoms with E-state index in [1.54, 1.807) is 19.2 Å². The molecule has 0 amide bonds. The lowest BCUT2D eigenvalue weighted by Gasteiger charge is -2.22. The van der Waals surface area contributed by atoms with Crippen molar-refractivity contribution in [1.29, 1.82) is 0 Å². The van der Waals surface area contributed by atoms with Gasteiger partial charge in [0.15, 0.2) is 5.96 Å². The third-order valence-corrected chi connectivity index (χ3v) is 4.23. The number of aliphatic imine (C=N–C) groups is 1. The van der Waals surface area contributed by atoms with E-state index in [0.29, 0.717) is 23.9 Å². The zero-order valence-corrected chi connectivity index (χ0v) is 16.9. The van der Waals surface area contributed by atoms with Crippen LogP contribution in [0.1, 0.15) is 32.3 Å². The van der Waals surface area contributed by atoms with Crippen LogP contribution >= 0.6 is 24.0 Å². The molecule has 1 saturated heterocycles. The molecule has 134 valence electrons. The predicted molar refractivity (Wildman–Crippen MR) is 108 cm³/mol. The van der Waals surface area contributed by atoms with Crippen LogP contribution in [0.4, 0.5) is 5.69 Å². The summed E-state index contributed by atoms with van der Waals surface area (Å²) < 4.78 is 0. The lowest BCUT2D eigenvalue weighted by molar-refractivity contribution is -0.385. The largest absolute Gasteiger partial charge is 0.352 e. The number of nitro benzene ring substituents is 1. The summed E-state index contributed by atoms with van der Waals surface area (Å²) in [4.78, 5) is 17.3. The fourth-order valence-corrected chi connectivity index (χ4v) is 3.23. The van der Waals surface area contributed by atoms with Gasteiger partial charge in [-0.15, -0.1) is 24.0 Å². The molecule has 1 heterocycles. The first-order valence-corrected chi connectivity index (χ1v) is 8.19. The first-order valence-electron chi connectivity index (χ1n) is 8.19. The van der Waals surface area contributed by atoms with Gasteiger partial charge in [-0.2, -0.15) is 0 Å². The van der Waals surface area contributed by atoms with Gasteiger partial charge in [-0.3, -0.25) is 15.1 Å². The first-order chi connectivity index (χ1) is 11.0. The molecule has 1 aromatic rings. The van der Waals surface area contributed by atoms with Gasteiger partial charge in [-0.25, -0.2) is 0 Å². The molecule has 1 N–H and O–H groups in total. The highest BCUT2D eigenvalue weighted by Gasteiger charge is 2.25. The molecular weight excluding hydrogens is 419 g/mol. The topological polar surface area (TPSA) is 70.8 Å². The van der Waals surface area contributed by atoms with Crippen LogP contribution in [0.2, 0.25) is 0 Å². The van der Waals surface area contributed by atoms with Crippen molar-refractivity contribution in [2.75, 3.05) is 20.1 Å². The highest BCUT2D eigenvalue weighted by Crippen LogP contribution is 2.23. The number of para-hydroxylation sites is 1. The van der Waals surface area contributed by atoms with Gasteiger partial charge in [0, 0.05) is 38.3 Å². The minimum absolute atomic E-state index is 0. The molecule has 6 nitrogen and oxygen atoms in total. The lowest BCUT2D eigenvalue weighted by atomic mass is 9.97. The second-order valence-corrected chi connectivity index (χ2v) is 6.52. The van der Waals surface area contributed by atoms with E-state index in [4.69, 9.17) is 0 Å². The Morgan fingerprint density at radius 2 is 2.17 bits per heavy atom. The summed E-state index contributed by atoms with van der Waals surface area (Å²) in [5, 5.41) is 14.3. The SMILES string of the molecule is CN=C(NCc1ccccc1[N+](=O)[O-])N1CCC(CC(C)C)C1.I. The van der Waals surface area contributed by atoms with Crippen molar-refractivity contribution in [3.8, 4) is 0 Å². The van der Waals surface area contributed by atoms with Crippen molar-refractivity contribution in [2.45, 2.75) is 33.2 Å². The molecule has 0 saturated carbocycles. The van der Waals surface area contributed by atoms with Crippen molar-refractivity contribution >= 4 is 35.6 Å². The number of nitrogens with zero attached hydrogens (tertiary/aromatic N) is 3. The summed E-state index contributed by atoms with van der Waals surface area (Å²) in [6, 6.07) is 6.83. The Hall–Kier alpha value is -1.38. The molecule has 0 aromatic heterocycles. The van der Waals surface area contributed by atoms with E-state index in [9.17, 15) is 10.1 Å². The number of likely N-dealkylation sites (tertiary alicyclic amines) is 1. The Morgan fingerprint density at radius 3 is 2.79 bits per heavy atom. The average Bonchev–Trinajstić information content (AvgIpc) is 2.95. The van der Waals surface area contributed by atoms with E-state index in [-0.39, 0.29) is 34.6 Å². The monoisotopic (exact) mass is 446 g/mol. The molecule has 0 radical (unpaired) electrons. The molecule has 0 spiro atoms. The van der Waals surface area contributed by atoms with Gasteiger partial charge in [0.25, 0.3) is 5.69 Å². The van der Waals surface area contributed by atoms with Gasteiger partial charge < -0.3 is 10.2 Å². The Bertz CT molecular complexity index is 577. The maximum atomic E-state index is 11.1. The summed E-state index contributed by atoms with van der Waals surface area (Å²) in [5.41, 5.74) is 0.825. The zero-order chi connectivity index (χ0) is 16.8. The quantitative estimate of drug-likeness (QED) is 0.247. The molecule has 24 heavy (non-hydrogen) atoms. The van der Waals surface area contributed by atoms with Crippen LogP contribution in [-0.2, 0) is 6.54 Å². The van der Waals surface area contributed by atoms with E-state index in [0.717, 1.165) is 19.0 Å². The van der Waals surface area contributed by atoms with Gasteiger partial charge >= 0.3 is 0 Å². The molecule has 1 aliphatic heterocycles. The molecule has 1 fully saturated rings. The number of nitrogens with one attached hydrogen (secondary N) is 1. The molecule has 1 atom stereocenters. The van der Waals surface area contributed by atoms with Crippen molar-refractivity contribution in [2.24, 2.45) is 16.8 Å². The van der Waals surface area contributed by atoms with Crippen LogP contribution in [-0.4, -0.2) is 35.9 Å². The summed E-state index contributed by atoms with van der Waals surface area (Å²) in [6.07, 6.45) is 2.42. The minimum Gasteiger partial charge on any atom is -0.352 e. The first kappa shape index (κ1) is 20.7. The van der Waals surface area contributed by atoms with Crippen molar-refractivity contribution in [3.05, 3.63) is 39.9 Å². The standard InChI is InChI=1S/C17H26N4O2.HI/c1-13(2)10-14-8-9-20(12-14)17(18-3)19-11-15-6-4-5-7-16(15)21(22)23;/h4-7,13-14H,8-12H2,1-3H3,(H,18,19);1H. The van der Waals surface area contributed by atoms with Crippen LogP contribution < -0.4 is 5.32 Å². The zero-order valence-electron chi connectivity index (χ0n) is 14.6. The lowest BCUT2D eigenvalue weighted by Crippen LogP contribution is -2.39. The van der Waals surface area contributed by atoms with E-state index in [1.165, 1.54) is 18.9 Å². The number of benzene rings is 1. The fourth-order valence-electron chi connectivity index (χ4n) is 3.23. The minimum atomic E-state index is -0.339. The molecule has 0 bridgehead atoms. The normalized spacial score (nSPS) is 17.8.